The van der Waals surface area contributed by atoms with Crippen molar-refractivity contribution in [1.82, 2.24) is 19.5 Å². The molecule has 0 aliphatic carbocycles. The van der Waals surface area contributed by atoms with E-state index in [4.69, 9.17) is 9.72 Å². The Kier molecular flexibility index (Phi) is 5.34. The van der Waals surface area contributed by atoms with Gasteiger partial charge in [0.15, 0.2) is 5.65 Å². The number of ether oxygens (including phenoxy) is 1. The number of rotatable bonds is 4. The summed E-state index contributed by atoms with van der Waals surface area (Å²) in [6.45, 7) is 2.80. The minimum absolute atomic E-state index is 0.180. The molecule has 8 heteroatoms. The molecule has 0 spiro atoms. The molecule has 2 amide bonds. The molecule has 1 aliphatic rings. The van der Waals surface area contributed by atoms with Crippen molar-refractivity contribution in [3.05, 3.63) is 81.8 Å². The summed E-state index contributed by atoms with van der Waals surface area (Å²) in [5.74, 6) is 0.764. The first-order valence-electron chi connectivity index (χ1n) is 11.0. The second-order valence-corrected chi connectivity index (χ2v) is 8.09. The van der Waals surface area contributed by atoms with Crippen molar-refractivity contribution in [3.8, 4) is 17.0 Å². The van der Waals surface area contributed by atoms with Gasteiger partial charge in [0.25, 0.3) is 5.56 Å². The first-order valence-corrected chi connectivity index (χ1v) is 11.0. The maximum atomic E-state index is 13.2. The van der Waals surface area contributed by atoms with Gasteiger partial charge in [-0.3, -0.25) is 9.89 Å². The van der Waals surface area contributed by atoms with Crippen molar-refractivity contribution < 1.29 is 9.53 Å². The van der Waals surface area contributed by atoms with Gasteiger partial charge in [-0.15, -0.1) is 0 Å². The Bertz CT molecular complexity index is 1390. The predicted octanol–water partition coefficient (Wildman–Crippen LogP) is 3.85. The fraction of sp³-hybridized carbons (Fsp3) is 0.240. The number of carbonyl (C=O) groups is 1. The molecule has 2 aromatic carbocycles. The van der Waals surface area contributed by atoms with Crippen LogP contribution in [0, 0.1) is 0 Å². The topological polar surface area (TPSA) is 91.7 Å². The van der Waals surface area contributed by atoms with E-state index in [0.717, 1.165) is 40.4 Å². The maximum absolute atomic E-state index is 13.2. The number of carbonyl (C=O) groups excluding carboxylic acids is 1. The normalized spacial score (nSPS) is 13.1. The number of nitrogens with one attached hydrogen (secondary N) is 2. The molecule has 8 nitrogen and oxygen atoms in total. The van der Waals surface area contributed by atoms with Crippen LogP contribution in [0.1, 0.15) is 23.7 Å². The summed E-state index contributed by atoms with van der Waals surface area (Å²) in [5, 5.41) is 6.09. The molecule has 0 radical (unpaired) electrons. The maximum Gasteiger partial charge on any atom is 0.322 e. The Balaban J connectivity index is 1.41. The average Bonchev–Trinajstić information content (AvgIpc) is 3.28. The number of hydrogen-bond acceptors (Lipinski definition) is 4. The standard InChI is InChI=1S/C25H25N5O3/c1-3-16-5-4-6-18(13-16)26-25(32)29-12-11-21-20(15-29)24(31)30-23(27-21)14-22(28-30)17-7-9-19(33-2)10-8-17/h4-10,13-14,28H,3,11-12,15H2,1-2H3,(H,26,32). The van der Waals surface area contributed by atoms with E-state index < -0.39 is 0 Å². The quantitative estimate of drug-likeness (QED) is 0.501. The number of benzene rings is 2. The van der Waals surface area contributed by atoms with Crippen molar-refractivity contribution in [2.45, 2.75) is 26.3 Å². The van der Waals surface area contributed by atoms with Crippen LogP contribution in [0.3, 0.4) is 0 Å². The number of hydrogen-bond donors (Lipinski definition) is 2. The summed E-state index contributed by atoms with van der Waals surface area (Å²) in [6.07, 6.45) is 1.43. The second-order valence-electron chi connectivity index (χ2n) is 8.09. The largest absolute Gasteiger partial charge is 0.497 e. The molecule has 0 saturated carbocycles. The highest BCUT2D eigenvalue weighted by atomic mass is 16.5. The fourth-order valence-corrected chi connectivity index (χ4v) is 4.14. The molecular weight excluding hydrogens is 418 g/mol. The molecule has 2 aromatic heterocycles. The second kappa shape index (κ2) is 8.46. The lowest BCUT2D eigenvalue weighted by atomic mass is 10.1. The van der Waals surface area contributed by atoms with Crippen molar-refractivity contribution in [3.63, 3.8) is 0 Å². The Morgan fingerprint density at radius 2 is 2.00 bits per heavy atom. The third-order valence-electron chi connectivity index (χ3n) is 6.04. The molecule has 1 aliphatic heterocycles. The fourth-order valence-electron chi connectivity index (χ4n) is 4.14. The summed E-state index contributed by atoms with van der Waals surface area (Å²) in [7, 11) is 1.62. The van der Waals surface area contributed by atoms with Gasteiger partial charge in [-0.1, -0.05) is 19.1 Å². The van der Waals surface area contributed by atoms with Gasteiger partial charge in [-0.25, -0.2) is 14.3 Å². The van der Waals surface area contributed by atoms with Crippen LogP contribution >= 0.6 is 0 Å². The monoisotopic (exact) mass is 443 g/mol. The van der Waals surface area contributed by atoms with E-state index in [1.54, 1.807) is 12.0 Å². The molecule has 2 N–H and O–H groups in total. The van der Waals surface area contributed by atoms with E-state index in [0.29, 0.717) is 24.2 Å². The first-order chi connectivity index (χ1) is 16.1. The zero-order valence-electron chi connectivity index (χ0n) is 18.6. The molecular formula is C25H25N5O3. The van der Waals surface area contributed by atoms with Crippen molar-refractivity contribution in [1.29, 1.82) is 0 Å². The summed E-state index contributed by atoms with van der Waals surface area (Å²) in [4.78, 5) is 32.5. The number of nitrogens with zero attached hydrogens (tertiary/aromatic N) is 3. The van der Waals surface area contributed by atoms with Gasteiger partial charge in [-0.2, -0.15) is 0 Å². The number of anilines is 1. The minimum atomic E-state index is -0.219. The molecule has 0 bridgehead atoms. The first kappa shape index (κ1) is 20.8. The van der Waals surface area contributed by atoms with Crippen LogP contribution < -0.4 is 15.6 Å². The van der Waals surface area contributed by atoms with Crippen LogP contribution in [0.2, 0.25) is 0 Å². The predicted molar refractivity (Wildman–Crippen MR) is 127 cm³/mol. The van der Waals surface area contributed by atoms with Crippen molar-refractivity contribution in [2.24, 2.45) is 0 Å². The van der Waals surface area contributed by atoms with E-state index in [2.05, 4.69) is 17.3 Å². The molecule has 33 heavy (non-hydrogen) atoms. The van der Waals surface area contributed by atoms with Gasteiger partial charge in [0.05, 0.1) is 30.6 Å². The van der Waals surface area contributed by atoms with E-state index in [-0.39, 0.29) is 18.1 Å². The summed E-state index contributed by atoms with van der Waals surface area (Å²) >= 11 is 0. The van der Waals surface area contributed by atoms with Gasteiger partial charge < -0.3 is 15.0 Å². The summed E-state index contributed by atoms with van der Waals surface area (Å²) < 4.78 is 6.66. The lowest BCUT2D eigenvalue weighted by Gasteiger charge is -2.27. The highest BCUT2D eigenvalue weighted by Crippen LogP contribution is 2.23. The number of amides is 2. The van der Waals surface area contributed by atoms with E-state index >= 15 is 0 Å². The molecule has 168 valence electrons. The van der Waals surface area contributed by atoms with Gasteiger partial charge >= 0.3 is 6.03 Å². The number of aromatic nitrogens is 3. The number of H-pyrrole nitrogens is 1. The van der Waals surface area contributed by atoms with E-state index in [1.165, 1.54) is 4.52 Å². The molecule has 3 heterocycles. The van der Waals surface area contributed by atoms with Crippen LogP contribution in [-0.4, -0.2) is 39.2 Å². The van der Waals surface area contributed by atoms with Gasteiger partial charge in [0.1, 0.15) is 5.75 Å². The Labute approximate surface area is 190 Å². The number of methoxy groups -OCH3 is 1. The molecule has 0 atom stereocenters. The lowest BCUT2D eigenvalue weighted by Crippen LogP contribution is -2.42. The average molecular weight is 444 g/mol. The van der Waals surface area contributed by atoms with Crippen LogP contribution in [0.15, 0.2) is 59.4 Å². The Morgan fingerprint density at radius 3 is 2.76 bits per heavy atom. The van der Waals surface area contributed by atoms with Crippen LogP contribution in [0.5, 0.6) is 5.75 Å². The number of fused-ring (bicyclic) bond motifs is 2. The third kappa shape index (κ3) is 3.95. The SMILES string of the molecule is CCc1cccc(NC(=O)N2CCc3nc4cc(-c5ccc(OC)cc5)[nH]n4c(=O)c3C2)c1. The molecule has 0 unspecified atom stereocenters. The highest BCUT2D eigenvalue weighted by molar-refractivity contribution is 5.89. The molecule has 4 aromatic rings. The summed E-state index contributed by atoms with van der Waals surface area (Å²) in [5.41, 5.74) is 5.30. The third-order valence-corrected chi connectivity index (χ3v) is 6.04. The zero-order valence-corrected chi connectivity index (χ0v) is 18.6. The van der Waals surface area contributed by atoms with Crippen LogP contribution in [0.25, 0.3) is 16.9 Å². The van der Waals surface area contributed by atoms with Crippen molar-refractivity contribution in [2.75, 3.05) is 19.0 Å². The van der Waals surface area contributed by atoms with E-state index in [1.807, 2.05) is 54.6 Å². The summed E-state index contributed by atoms with van der Waals surface area (Å²) in [6, 6.07) is 17.0. The zero-order chi connectivity index (χ0) is 22.9. The lowest BCUT2D eigenvalue weighted by molar-refractivity contribution is 0.205. The van der Waals surface area contributed by atoms with E-state index in [9.17, 15) is 9.59 Å². The number of aryl methyl sites for hydroxylation is 1. The van der Waals surface area contributed by atoms with Gasteiger partial charge in [-0.05, 0) is 53.9 Å². The number of aromatic amines is 1. The molecule has 5 rings (SSSR count). The minimum Gasteiger partial charge on any atom is -0.497 e. The van der Waals surface area contributed by atoms with Gasteiger partial charge in [0, 0.05) is 24.7 Å². The van der Waals surface area contributed by atoms with Gasteiger partial charge in [0.2, 0.25) is 0 Å². The van der Waals surface area contributed by atoms with Crippen LogP contribution in [-0.2, 0) is 19.4 Å². The molecule has 0 saturated heterocycles. The smallest absolute Gasteiger partial charge is 0.322 e. The highest BCUT2D eigenvalue weighted by Gasteiger charge is 2.25. The Hall–Kier alpha value is -4.07. The van der Waals surface area contributed by atoms with Crippen LogP contribution in [0.4, 0.5) is 10.5 Å². The Morgan fingerprint density at radius 1 is 1.18 bits per heavy atom. The van der Waals surface area contributed by atoms with Crippen molar-refractivity contribution >= 4 is 17.4 Å². The molecule has 0 fully saturated rings. The number of urea groups is 1.